The first-order chi connectivity index (χ1) is 26.2. The summed E-state index contributed by atoms with van der Waals surface area (Å²) in [4.78, 5) is 0. The third kappa shape index (κ3) is 16.8. The number of epoxide rings is 1. The van der Waals surface area contributed by atoms with Crippen LogP contribution in [0.25, 0.3) is 0 Å². The summed E-state index contributed by atoms with van der Waals surface area (Å²) >= 11 is 0. The minimum atomic E-state index is -0.734. The first kappa shape index (κ1) is 43.2. The minimum absolute atomic E-state index is 0.0671. The second-order valence-electron chi connectivity index (χ2n) is 14.6. The van der Waals surface area contributed by atoms with E-state index in [1.807, 2.05) is 18.2 Å². The number of hydrogen-bond acceptors (Lipinski definition) is 6. The molecule has 1 aliphatic heterocycles. The van der Waals surface area contributed by atoms with Crippen LogP contribution in [0.15, 0.2) is 91.0 Å². The van der Waals surface area contributed by atoms with E-state index in [9.17, 15) is 0 Å². The van der Waals surface area contributed by atoms with Gasteiger partial charge in [-0.15, -0.1) is 0 Å². The van der Waals surface area contributed by atoms with Crippen molar-refractivity contribution in [2.75, 3.05) is 52.9 Å². The lowest BCUT2D eigenvalue weighted by Crippen LogP contribution is -2.34. The molecule has 294 valence electrons. The second-order valence-corrected chi connectivity index (χ2v) is 14.6. The van der Waals surface area contributed by atoms with E-state index in [0.29, 0.717) is 46.2 Å². The Morgan fingerprint density at radius 2 is 1.00 bits per heavy atom. The highest BCUT2D eigenvalue weighted by molar-refractivity contribution is 5.47. The molecule has 1 saturated heterocycles. The normalized spacial score (nSPS) is 15.4. The number of hydrogen-bond donors (Lipinski definition) is 0. The maximum atomic E-state index is 6.80. The van der Waals surface area contributed by atoms with Crippen molar-refractivity contribution in [1.82, 2.24) is 0 Å². The van der Waals surface area contributed by atoms with E-state index in [1.54, 1.807) is 0 Å². The van der Waals surface area contributed by atoms with E-state index < -0.39 is 5.60 Å². The van der Waals surface area contributed by atoms with Gasteiger partial charge in [-0.05, 0) is 36.5 Å². The van der Waals surface area contributed by atoms with Crippen molar-refractivity contribution in [1.29, 1.82) is 0 Å². The summed E-state index contributed by atoms with van der Waals surface area (Å²) in [5.41, 5.74) is 2.54. The van der Waals surface area contributed by atoms with Crippen molar-refractivity contribution in [3.8, 4) is 0 Å². The van der Waals surface area contributed by atoms with Crippen LogP contribution in [0.1, 0.15) is 127 Å². The summed E-state index contributed by atoms with van der Waals surface area (Å²) in [5.74, 6) is 0. The van der Waals surface area contributed by atoms with Crippen molar-refractivity contribution in [2.45, 2.75) is 134 Å². The molecule has 1 fully saturated rings. The van der Waals surface area contributed by atoms with E-state index in [2.05, 4.69) is 86.6 Å². The summed E-state index contributed by atoms with van der Waals surface area (Å²) in [6.45, 7) is 9.24. The summed E-state index contributed by atoms with van der Waals surface area (Å²) in [7, 11) is 0. The van der Waals surface area contributed by atoms with Crippen molar-refractivity contribution in [3.63, 3.8) is 0 Å². The Morgan fingerprint density at radius 3 is 1.49 bits per heavy atom. The van der Waals surface area contributed by atoms with E-state index in [-0.39, 0.29) is 18.3 Å². The van der Waals surface area contributed by atoms with Crippen LogP contribution in [-0.2, 0) is 34.0 Å². The summed E-state index contributed by atoms with van der Waals surface area (Å²) in [5, 5.41) is 0. The van der Waals surface area contributed by atoms with Crippen LogP contribution >= 0.6 is 0 Å². The highest BCUT2D eigenvalue weighted by atomic mass is 16.6. The number of benzene rings is 3. The van der Waals surface area contributed by atoms with Crippen LogP contribution in [0, 0.1) is 0 Å². The molecule has 0 N–H and O–H groups in total. The van der Waals surface area contributed by atoms with E-state index in [0.717, 1.165) is 36.1 Å². The first-order valence-corrected chi connectivity index (χ1v) is 21.0. The molecule has 6 heteroatoms. The Bertz CT molecular complexity index is 1170. The molecule has 0 radical (unpaired) electrons. The molecule has 1 aliphatic rings. The number of ether oxygens (including phenoxy) is 6. The zero-order valence-corrected chi connectivity index (χ0v) is 33.1. The topological polar surface area (TPSA) is 58.7 Å². The fraction of sp³-hybridized carbons (Fsp3) is 0.617. The smallest absolute Gasteiger partial charge is 0.143 e. The fourth-order valence-corrected chi connectivity index (χ4v) is 7.09. The Hall–Kier alpha value is -2.58. The predicted octanol–water partition coefficient (Wildman–Crippen LogP) is 11.1. The molecule has 0 saturated carbocycles. The molecule has 0 spiro atoms. The van der Waals surface area contributed by atoms with Gasteiger partial charge in [-0.1, -0.05) is 181 Å². The Kier molecular flexibility index (Phi) is 22.0. The largest absolute Gasteiger partial charge is 0.379 e. The molecular formula is C47H70O6. The van der Waals surface area contributed by atoms with Gasteiger partial charge in [0.05, 0.1) is 51.8 Å². The van der Waals surface area contributed by atoms with Crippen molar-refractivity contribution >= 4 is 0 Å². The van der Waals surface area contributed by atoms with Gasteiger partial charge >= 0.3 is 0 Å². The number of unbranched alkanes of at least 4 members (excludes halogenated alkanes) is 12. The van der Waals surface area contributed by atoms with Crippen LogP contribution in [0.3, 0.4) is 0 Å². The summed E-state index contributed by atoms with van der Waals surface area (Å²) in [6.07, 6.45) is 20.1. The molecule has 3 unspecified atom stereocenters. The lowest BCUT2D eigenvalue weighted by molar-refractivity contribution is -0.0761. The van der Waals surface area contributed by atoms with Gasteiger partial charge in [0, 0.05) is 13.2 Å². The second kappa shape index (κ2) is 27.1. The van der Waals surface area contributed by atoms with Gasteiger partial charge < -0.3 is 28.4 Å². The molecule has 1 heterocycles. The summed E-state index contributed by atoms with van der Waals surface area (Å²) in [6, 6.07) is 31.3. The van der Waals surface area contributed by atoms with Gasteiger partial charge in [-0.3, -0.25) is 0 Å². The zero-order chi connectivity index (χ0) is 37.1. The van der Waals surface area contributed by atoms with E-state index in [4.69, 9.17) is 28.4 Å². The van der Waals surface area contributed by atoms with Gasteiger partial charge in [0.25, 0.3) is 0 Å². The molecule has 0 aliphatic carbocycles. The third-order valence-corrected chi connectivity index (χ3v) is 10.3. The lowest BCUT2D eigenvalue weighted by Gasteiger charge is -2.36. The molecule has 53 heavy (non-hydrogen) atoms. The average Bonchev–Trinajstić information content (AvgIpc) is 4.04. The van der Waals surface area contributed by atoms with Gasteiger partial charge in [0.15, 0.2) is 0 Å². The molecule has 3 aromatic rings. The highest BCUT2D eigenvalue weighted by Gasteiger charge is 2.37. The maximum Gasteiger partial charge on any atom is 0.143 e. The van der Waals surface area contributed by atoms with Gasteiger partial charge in [0.2, 0.25) is 0 Å². The van der Waals surface area contributed by atoms with Crippen molar-refractivity contribution in [2.24, 2.45) is 0 Å². The Balaban J connectivity index is 1.08. The molecule has 4 rings (SSSR count). The number of rotatable bonds is 33. The first-order valence-electron chi connectivity index (χ1n) is 21.0. The van der Waals surface area contributed by atoms with Crippen molar-refractivity contribution < 1.29 is 28.4 Å². The molecule has 6 nitrogen and oxygen atoms in total. The van der Waals surface area contributed by atoms with E-state index >= 15 is 0 Å². The highest BCUT2D eigenvalue weighted by Crippen LogP contribution is 2.40. The maximum absolute atomic E-state index is 6.80. The van der Waals surface area contributed by atoms with E-state index in [1.165, 1.54) is 83.5 Å². The van der Waals surface area contributed by atoms with Gasteiger partial charge in [-0.25, -0.2) is 0 Å². The van der Waals surface area contributed by atoms with Crippen LogP contribution in [0.5, 0.6) is 0 Å². The molecule has 0 bridgehead atoms. The minimum Gasteiger partial charge on any atom is -0.379 e. The molecular weight excluding hydrogens is 661 g/mol. The van der Waals surface area contributed by atoms with Crippen LogP contribution < -0.4 is 0 Å². The van der Waals surface area contributed by atoms with Crippen molar-refractivity contribution in [3.05, 3.63) is 108 Å². The molecule has 3 aromatic carbocycles. The van der Waals surface area contributed by atoms with Crippen LogP contribution in [-0.4, -0.2) is 71.2 Å². The quantitative estimate of drug-likeness (QED) is 0.0353. The standard InChI is InChI=1S/C47H70O6/c1-3-4-5-6-7-8-9-10-11-12-13-14-24-32-46(41(2)51-39-45-40-52-45)50-34-25-33-48-35-36-49-37-38-53-47(42-26-18-15-19-27-42,43-28-20-16-21-29-43)44-30-22-17-23-31-44/h15-23,26-31,41,45-46H,3-14,24-25,32-40H2,1-2H3. The monoisotopic (exact) mass is 731 g/mol. The predicted molar refractivity (Wildman–Crippen MR) is 217 cm³/mol. The lowest BCUT2D eigenvalue weighted by atomic mass is 9.80. The fourth-order valence-electron chi connectivity index (χ4n) is 7.09. The SMILES string of the molecule is CCCCCCCCCCCCCCCC(OCCCOCCOCCOC(c1ccccc1)(c1ccccc1)c1ccccc1)C(C)OCC1CO1. The summed E-state index contributed by atoms with van der Waals surface area (Å²) < 4.78 is 36.5. The molecule has 0 amide bonds. The Morgan fingerprint density at radius 1 is 0.547 bits per heavy atom. The van der Waals surface area contributed by atoms with Crippen LogP contribution in [0.2, 0.25) is 0 Å². The zero-order valence-electron chi connectivity index (χ0n) is 33.1. The van der Waals surface area contributed by atoms with Crippen LogP contribution in [0.4, 0.5) is 0 Å². The molecule has 3 atom stereocenters. The van der Waals surface area contributed by atoms with Gasteiger partial charge in [-0.2, -0.15) is 0 Å². The third-order valence-electron chi connectivity index (χ3n) is 10.3. The van der Waals surface area contributed by atoms with Gasteiger partial charge in [0.1, 0.15) is 11.7 Å². The average molecular weight is 731 g/mol. The Labute approximate surface area is 322 Å². The molecule has 0 aromatic heterocycles.